The van der Waals surface area contributed by atoms with Gasteiger partial charge >= 0.3 is 0 Å². The fraction of sp³-hybridized carbons (Fsp3) is 0.0750. The van der Waals surface area contributed by atoms with Gasteiger partial charge in [-0.1, -0.05) is 123 Å². The molecule has 0 saturated heterocycles. The Balaban J connectivity index is 1.37. The summed E-state index contributed by atoms with van der Waals surface area (Å²) in [4.78, 5) is 16.7. The molecule has 4 nitrogen and oxygen atoms in total. The van der Waals surface area contributed by atoms with E-state index in [2.05, 4.69) is 121 Å². The second-order valence-electron chi connectivity index (χ2n) is 12.1. The van der Waals surface area contributed by atoms with Crippen molar-refractivity contribution >= 4 is 28.1 Å². The van der Waals surface area contributed by atoms with Crippen molar-refractivity contribution in [1.29, 1.82) is 0 Å². The third kappa shape index (κ3) is 3.48. The Hall–Kier alpha value is -5.61. The van der Waals surface area contributed by atoms with Crippen LogP contribution < -0.4 is 4.90 Å². The van der Waals surface area contributed by atoms with E-state index in [9.17, 15) is 0 Å². The Morgan fingerprint density at radius 2 is 1.25 bits per heavy atom. The lowest BCUT2D eigenvalue weighted by atomic mass is 9.80. The molecule has 0 radical (unpaired) electrons. The van der Waals surface area contributed by atoms with E-state index in [0.29, 0.717) is 11.8 Å². The Morgan fingerprint density at radius 1 is 0.523 bits per heavy atom. The van der Waals surface area contributed by atoms with E-state index < -0.39 is 0 Å². The standard InChI is InChI=1S/C40H28N4/c1-40(2)33-19-10-9-16-28(33)31-22-32-30-18-11-17-29-27(25-12-5-3-6-13-25)20-21-35(37(29)30)44(36(32)23-34(31)40)39-42-24-41-38(43-39)26-14-7-4-8-15-26/h3-24H,1-2H3. The maximum Gasteiger partial charge on any atom is 0.238 e. The normalized spacial score (nSPS) is 13.8. The number of hydrogen-bond acceptors (Lipinski definition) is 4. The summed E-state index contributed by atoms with van der Waals surface area (Å²) in [5.74, 6) is 1.26. The van der Waals surface area contributed by atoms with Crippen LogP contribution in [0.5, 0.6) is 0 Å². The van der Waals surface area contributed by atoms with Gasteiger partial charge in [-0.2, -0.15) is 4.98 Å². The Labute approximate surface area is 256 Å². The van der Waals surface area contributed by atoms with E-state index in [0.717, 1.165) is 16.9 Å². The fourth-order valence-corrected chi connectivity index (χ4v) is 7.27. The first-order valence-corrected chi connectivity index (χ1v) is 15.0. The molecule has 0 saturated carbocycles. The molecule has 0 fully saturated rings. The molecule has 9 rings (SSSR count). The molecule has 44 heavy (non-hydrogen) atoms. The molecule has 1 aliphatic heterocycles. The second kappa shape index (κ2) is 9.19. The minimum Gasteiger partial charge on any atom is -0.278 e. The third-order valence-corrected chi connectivity index (χ3v) is 9.37. The SMILES string of the molecule is CC1(C)c2ccccc2-c2cc3c(cc21)N(c1ncnc(-c2ccccc2)n1)c1ccc(-c2ccccc2)c2cccc-3c12. The molecule has 208 valence electrons. The van der Waals surface area contributed by atoms with Crippen molar-refractivity contribution in [3.8, 4) is 44.8 Å². The van der Waals surface area contributed by atoms with Gasteiger partial charge in [0.05, 0.1) is 11.4 Å². The van der Waals surface area contributed by atoms with Crippen LogP contribution in [0.3, 0.4) is 0 Å². The molecular formula is C40H28N4. The van der Waals surface area contributed by atoms with Gasteiger partial charge in [0.2, 0.25) is 5.95 Å². The van der Waals surface area contributed by atoms with Crippen LogP contribution in [0.25, 0.3) is 55.5 Å². The highest BCUT2D eigenvalue weighted by Crippen LogP contribution is 2.57. The summed E-state index contributed by atoms with van der Waals surface area (Å²) >= 11 is 0. The molecule has 1 aliphatic carbocycles. The van der Waals surface area contributed by atoms with E-state index in [1.807, 2.05) is 30.3 Å². The van der Waals surface area contributed by atoms with Gasteiger partial charge in [-0.05, 0) is 62.5 Å². The van der Waals surface area contributed by atoms with Gasteiger partial charge in [-0.25, -0.2) is 9.97 Å². The zero-order chi connectivity index (χ0) is 29.4. The number of aromatic nitrogens is 3. The highest BCUT2D eigenvalue weighted by atomic mass is 15.3. The maximum atomic E-state index is 5.08. The second-order valence-corrected chi connectivity index (χ2v) is 12.1. The predicted molar refractivity (Wildman–Crippen MR) is 179 cm³/mol. The van der Waals surface area contributed by atoms with Crippen LogP contribution in [0.15, 0.2) is 134 Å². The molecule has 0 N–H and O–H groups in total. The van der Waals surface area contributed by atoms with Crippen LogP contribution in [0.2, 0.25) is 0 Å². The number of rotatable bonds is 3. The lowest BCUT2D eigenvalue weighted by Gasteiger charge is -2.34. The number of anilines is 3. The molecule has 0 spiro atoms. The van der Waals surface area contributed by atoms with Crippen molar-refractivity contribution in [2.45, 2.75) is 19.3 Å². The van der Waals surface area contributed by atoms with Crippen LogP contribution in [0.1, 0.15) is 25.0 Å². The smallest absolute Gasteiger partial charge is 0.238 e. The maximum absolute atomic E-state index is 5.08. The number of benzene rings is 6. The molecule has 1 aromatic heterocycles. The van der Waals surface area contributed by atoms with Gasteiger partial charge < -0.3 is 0 Å². The number of hydrogen-bond donors (Lipinski definition) is 0. The molecular weight excluding hydrogens is 536 g/mol. The molecule has 0 unspecified atom stereocenters. The molecule has 2 aliphatic rings. The first-order chi connectivity index (χ1) is 21.6. The van der Waals surface area contributed by atoms with E-state index in [-0.39, 0.29) is 5.41 Å². The quantitative estimate of drug-likeness (QED) is 0.214. The lowest BCUT2D eigenvalue weighted by molar-refractivity contribution is 0.660. The Bertz CT molecular complexity index is 2250. The Morgan fingerprint density at radius 3 is 2.07 bits per heavy atom. The Kier molecular flexibility index (Phi) is 5.21. The van der Waals surface area contributed by atoms with E-state index in [4.69, 9.17) is 9.97 Å². The van der Waals surface area contributed by atoms with Gasteiger partial charge in [-0.15, -0.1) is 0 Å². The van der Waals surface area contributed by atoms with Crippen molar-refractivity contribution < 1.29 is 0 Å². The minimum absolute atomic E-state index is 0.135. The lowest BCUT2D eigenvalue weighted by Crippen LogP contribution is -2.20. The molecule has 0 bridgehead atoms. The van der Waals surface area contributed by atoms with Crippen LogP contribution >= 0.6 is 0 Å². The summed E-state index contributed by atoms with van der Waals surface area (Å²) in [5.41, 5.74) is 13.1. The molecule has 2 heterocycles. The molecule has 4 heteroatoms. The average Bonchev–Trinajstić information content (AvgIpc) is 3.30. The van der Waals surface area contributed by atoms with Gasteiger partial charge in [0.15, 0.2) is 5.82 Å². The van der Waals surface area contributed by atoms with Crippen LogP contribution in [0.4, 0.5) is 17.3 Å². The summed E-state index contributed by atoms with van der Waals surface area (Å²) in [6, 6.07) is 45.5. The summed E-state index contributed by atoms with van der Waals surface area (Å²) in [5, 5.41) is 2.41. The van der Waals surface area contributed by atoms with E-state index in [1.165, 1.54) is 55.3 Å². The number of fused-ring (bicyclic) bond motifs is 5. The predicted octanol–water partition coefficient (Wildman–Crippen LogP) is 10.1. The van der Waals surface area contributed by atoms with Crippen molar-refractivity contribution in [2.24, 2.45) is 0 Å². The van der Waals surface area contributed by atoms with Crippen LogP contribution in [-0.2, 0) is 5.41 Å². The van der Waals surface area contributed by atoms with Gasteiger partial charge in [0.25, 0.3) is 0 Å². The van der Waals surface area contributed by atoms with E-state index >= 15 is 0 Å². The third-order valence-electron chi connectivity index (χ3n) is 9.37. The summed E-state index contributed by atoms with van der Waals surface area (Å²) in [6.07, 6.45) is 1.63. The first kappa shape index (κ1) is 24.9. The molecule has 7 aromatic rings. The summed E-state index contributed by atoms with van der Waals surface area (Å²) in [7, 11) is 0. The summed E-state index contributed by atoms with van der Waals surface area (Å²) in [6.45, 7) is 4.66. The average molecular weight is 565 g/mol. The van der Waals surface area contributed by atoms with Crippen molar-refractivity contribution in [1.82, 2.24) is 15.0 Å². The highest BCUT2D eigenvalue weighted by Gasteiger charge is 2.38. The zero-order valence-electron chi connectivity index (χ0n) is 24.5. The van der Waals surface area contributed by atoms with Crippen molar-refractivity contribution in [2.75, 3.05) is 4.90 Å². The minimum atomic E-state index is -0.135. The fourth-order valence-electron chi connectivity index (χ4n) is 7.27. The molecule has 0 amide bonds. The first-order valence-electron chi connectivity index (χ1n) is 15.0. The van der Waals surface area contributed by atoms with Crippen LogP contribution in [0, 0.1) is 0 Å². The van der Waals surface area contributed by atoms with E-state index in [1.54, 1.807) is 6.33 Å². The van der Waals surface area contributed by atoms with Crippen LogP contribution in [-0.4, -0.2) is 15.0 Å². The summed E-state index contributed by atoms with van der Waals surface area (Å²) < 4.78 is 0. The molecule has 0 atom stereocenters. The zero-order valence-corrected chi connectivity index (χ0v) is 24.5. The molecule has 6 aromatic carbocycles. The van der Waals surface area contributed by atoms with Gasteiger partial charge in [0, 0.05) is 21.9 Å². The van der Waals surface area contributed by atoms with Gasteiger partial charge in [0.1, 0.15) is 6.33 Å². The number of nitrogens with zero attached hydrogens (tertiary/aromatic N) is 4. The van der Waals surface area contributed by atoms with Crippen molar-refractivity contribution in [3.63, 3.8) is 0 Å². The van der Waals surface area contributed by atoms with Gasteiger partial charge in [-0.3, -0.25) is 4.90 Å². The highest BCUT2D eigenvalue weighted by molar-refractivity contribution is 6.17. The monoisotopic (exact) mass is 564 g/mol. The van der Waals surface area contributed by atoms with Crippen molar-refractivity contribution in [3.05, 3.63) is 145 Å². The topological polar surface area (TPSA) is 41.9 Å². The largest absolute Gasteiger partial charge is 0.278 e.